The van der Waals surface area contributed by atoms with Crippen molar-refractivity contribution >= 4 is 5.96 Å². The van der Waals surface area contributed by atoms with Crippen molar-refractivity contribution < 1.29 is 5.11 Å². The minimum absolute atomic E-state index is 0.0930. The molecule has 2 rings (SSSR count). The molecule has 0 amide bonds. The minimum Gasteiger partial charge on any atom is -0.392 e. The Morgan fingerprint density at radius 3 is 2.84 bits per heavy atom. The number of aliphatic imine (C=N–C) groups is 1. The molecule has 1 aromatic heterocycles. The maximum absolute atomic E-state index is 10.3. The second kappa shape index (κ2) is 9.22. The third-order valence-corrected chi connectivity index (χ3v) is 5.17. The van der Waals surface area contributed by atoms with E-state index in [0.717, 1.165) is 57.0 Å². The fourth-order valence-corrected chi connectivity index (χ4v) is 3.50. The van der Waals surface area contributed by atoms with Gasteiger partial charge in [-0.05, 0) is 46.1 Å². The standard InChI is InChI=1S/C19H35N5O/c1-5-20-18(22-14-19(4)10-7-6-9-17(19)25)21-11-8-12-24-16(3)13-15(2)23-24/h13,17,25H,5-12,14H2,1-4H3,(H2,20,21,22). The molecule has 1 aliphatic carbocycles. The van der Waals surface area contributed by atoms with Crippen LogP contribution in [0.2, 0.25) is 0 Å². The van der Waals surface area contributed by atoms with Crippen molar-refractivity contribution in [1.29, 1.82) is 0 Å². The first-order valence-corrected chi connectivity index (χ1v) is 9.66. The number of hydrogen-bond acceptors (Lipinski definition) is 3. The molecule has 1 saturated carbocycles. The maximum atomic E-state index is 10.3. The summed E-state index contributed by atoms with van der Waals surface area (Å²) in [5.74, 6) is 0.842. The summed E-state index contributed by atoms with van der Waals surface area (Å²) in [7, 11) is 0. The first-order valence-electron chi connectivity index (χ1n) is 9.66. The highest BCUT2D eigenvalue weighted by molar-refractivity contribution is 5.79. The van der Waals surface area contributed by atoms with Gasteiger partial charge in [0.05, 0.1) is 18.3 Å². The van der Waals surface area contributed by atoms with Crippen LogP contribution in [0.1, 0.15) is 57.3 Å². The van der Waals surface area contributed by atoms with Crippen molar-refractivity contribution in [2.24, 2.45) is 10.4 Å². The number of hydrogen-bond donors (Lipinski definition) is 3. The fourth-order valence-electron chi connectivity index (χ4n) is 3.50. The molecule has 0 bridgehead atoms. The smallest absolute Gasteiger partial charge is 0.191 e. The normalized spacial score (nSPS) is 24.4. The fraction of sp³-hybridized carbons (Fsp3) is 0.789. The highest BCUT2D eigenvalue weighted by atomic mass is 16.3. The van der Waals surface area contributed by atoms with Gasteiger partial charge in [-0.3, -0.25) is 9.67 Å². The van der Waals surface area contributed by atoms with E-state index in [1.54, 1.807) is 0 Å². The zero-order valence-corrected chi connectivity index (χ0v) is 16.3. The Morgan fingerprint density at radius 1 is 1.40 bits per heavy atom. The average molecular weight is 350 g/mol. The molecular weight excluding hydrogens is 314 g/mol. The summed E-state index contributed by atoms with van der Waals surface area (Å²) in [5.41, 5.74) is 2.18. The molecule has 1 fully saturated rings. The van der Waals surface area contributed by atoms with Crippen LogP contribution in [-0.2, 0) is 6.54 Å². The van der Waals surface area contributed by atoms with Crippen molar-refractivity contribution in [2.45, 2.75) is 72.4 Å². The summed E-state index contributed by atoms with van der Waals surface area (Å²) in [6.07, 6.45) is 5.03. The van der Waals surface area contributed by atoms with Crippen LogP contribution in [0.5, 0.6) is 0 Å². The first-order chi connectivity index (χ1) is 11.9. The minimum atomic E-state index is -0.237. The van der Waals surface area contributed by atoms with Crippen LogP contribution < -0.4 is 10.6 Å². The van der Waals surface area contributed by atoms with E-state index in [2.05, 4.69) is 47.3 Å². The molecule has 6 nitrogen and oxygen atoms in total. The SMILES string of the molecule is CCNC(=NCC1(C)CCCCC1O)NCCCn1nc(C)cc1C. The highest BCUT2D eigenvalue weighted by Crippen LogP contribution is 2.36. The van der Waals surface area contributed by atoms with Crippen LogP contribution >= 0.6 is 0 Å². The van der Waals surface area contributed by atoms with Gasteiger partial charge in [-0.1, -0.05) is 19.8 Å². The van der Waals surface area contributed by atoms with E-state index < -0.39 is 0 Å². The lowest BCUT2D eigenvalue weighted by Crippen LogP contribution is -2.42. The van der Waals surface area contributed by atoms with E-state index in [4.69, 9.17) is 4.99 Å². The number of nitrogens with zero attached hydrogens (tertiary/aromatic N) is 3. The third-order valence-electron chi connectivity index (χ3n) is 5.17. The maximum Gasteiger partial charge on any atom is 0.191 e. The van der Waals surface area contributed by atoms with Gasteiger partial charge >= 0.3 is 0 Å². The first kappa shape index (κ1) is 19.8. The van der Waals surface area contributed by atoms with E-state index in [1.807, 2.05) is 6.92 Å². The van der Waals surface area contributed by atoms with Gasteiger partial charge in [0.15, 0.2) is 5.96 Å². The van der Waals surface area contributed by atoms with E-state index in [0.29, 0.717) is 6.54 Å². The number of aliphatic hydroxyl groups is 1. The largest absolute Gasteiger partial charge is 0.392 e. The lowest BCUT2D eigenvalue weighted by molar-refractivity contribution is 0.00716. The van der Waals surface area contributed by atoms with Gasteiger partial charge in [0, 0.05) is 30.7 Å². The average Bonchev–Trinajstić information content (AvgIpc) is 2.90. The Kier molecular flexibility index (Phi) is 7.29. The molecule has 0 saturated heterocycles. The van der Waals surface area contributed by atoms with Crippen LogP contribution in [-0.4, -0.2) is 46.6 Å². The Labute approximate surface area is 152 Å². The van der Waals surface area contributed by atoms with E-state index in [1.165, 1.54) is 12.1 Å². The molecule has 2 atom stereocenters. The number of guanidine groups is 1. The number of rotatable bonds is 7. The van der Waals surface area contributed by atoms with Crippen LogP contribution in [0.4, 0.5) is 0 Å². The van der Waals surface area contributed by atoms with Gasteiger partial charge in [-0.2, -0.15) is 5.10 Å². The summed E-state index contributed by atoms with van der Waals surface area (Å²) in [6.45, 7) is 11.6. The summed E-state index contributed by atoms with van der Waals surface area (Å²) in [5, 5.41) is 21.5. The molecule has 2 unspecified atom stereocenters. The molecule has 0 radical (unpaired) electrons. The van der Waals surface area contributed by atoms with Crippen molar-refractivity contribution in [1.82, 2.24) is 20.4 Å². The molecule has 1 aromatic rings. The predicted octanol–water partition coefficient (Wildman–Crippen LogP) is 2.39. The number of aryl methyl sites for hydroxylation is 3. The van der Waals surface area contributed by atoms with E-state index >= 15 is 0 Å². The zero-order valence-electron chi connectivity index (χ0n) is 16.3. The Bertz CT molecular complexity index is 568. The molecular formula is C19H35N5O. The number of nitrogens with one attached hydrogen (secondary N) is 2. The Balaban J connectivity index is 1.82. The molecule has 3 N–H and O–H groups in total. The third kappa shape index (κ3) is 5.73. The van der Waals surface area contributed by atoms with Crippen molar-refractivity contribution in [3.63, 3.8) is 0 Å². The van der Waals surface area contributed by atoms with Crippen molar-refractivity contribution in [3.05, 3.63) is 17.5 Å². The van der Waals surface area contributed by atoms with Gasteiger partial charge in [0.1, 0.15) is 0 Å². The molecule has 1 aliphatic rings. The van der Waals surface area contributed by atoms with E-state index in [-0.39, 0.29) is 11.5 Å². The summed E-state index contributed by atoms with van der Waals surface area (Å²) < 4.78 is 2.06. The number of aromatic nitrogens is 2. The molecule has 0 aliphatic heterocycles. The molecule has 0 spiro atoms. The Morgan fingerprint density at radius 2 is 2.20 bits per heavy atom. The van der Waals surface area contributed by atoms with Crippen LogP contribution in [0.15, 0.2) is 11.1 Å². The lowest BCUT2D eigenvalue weighted by Gasteiger charge is -2.37. The zero-order chi connectivity index (χ0) is 18.3. The summed E-state index contributed by atoms with van der Waals surface area (Å²) in [4.78, 5) is 4.74. The predicted molar refractivity (Wildman–Crippen MR) is 103 cm³/mol. The quantitative estimate of drug-likeness (QED) is 0.401. The Hall–Kier alpha value is -1.56. The van der Waals surface area contributed by atoms with E-state index in [9.17, 15) is 5.11 Å². The highest BCUT2D eigenvalue weighted by Gasteiger charge is 2.35. The van der Waals surface area contributed by atoms with Crippen LogP contribution in [0.25, 0.3) is 0 Å². The summed E-state index contributed by atoms with van der Waals surface area (Å²) in [6, 6.07) is 2.11. The van der Waals surface area contributed by atoms with Gasteiger partial charge in [-0.25, -0.2) is 0 Å². The molecule has 1 heterocycles. The van der Waals surface area contributed by atoms with Crippen LogP contribution in [0.3, 0.4) is 0 Å². The molecule has 25 heavy (non-hydrogen) atoms. The monoisotopic (exact) mass is 349 g/mol. The number of aliphatic hydroxyl groups excluding tert-OH is 1. The second-order valence-electron chi connectivity index (χ2n) is 7.54. The van der Waals surface area contributed by atoms with Gasteiger partial charge in [0.2, 0.25) is 0 Å². The second-order valence-corrected chi connectivity index (χ2v) is 7.54. The molecule has 6 heteroatoms. The van der Waals surface area contributed by atoms with Gasteiger partial charge in [-0.15, -0.1) is 0 Å². The summed E-state index contributed by atoms with van der Waals surface area (Å²) >= 11 is 0. The molecule has 0 aromatic carbocycles. The van der Waals surface area contributed by atoms with Crippen LogP contribution in [0, 0.1) is 19.3 Å². The van der Waals surface area contributed by atoms with Crippen molar-refractivity contribution in [3.8, 4) is 0 Å². The van der Waals surface area contributed by atoms with Gasteiger partial charge < -0.3 is 15.7 Å². The molecule has 142 valence electrons. The van der Waals surface area contributed by atoms with Gasteiger partial charge in [0.25, 0.3) is 0 Å². The van der Waals surface area contributed by atoms with Crippen molar-refractivity contribution in [2.75, 3.05) is 19.6 Å². The topological polar surface area (TPSA) is 74.5 Å². The lowest BCUT2D eigenvalue weighted by atomic mass is 9.73.